The van der Waals surface area contributed by atoms with Crippen molar-refractivity contribution in [3.05, 3.63) is 29.8 Å². The highest BCUT2D eigenvalue weighted by molar-refractivity contribution is 7.99. The van der Waals surface area contributed by atoms with Crippen LogP contribution in [0.1, 0.15) is 63.9 Å². The fraction of sp³-hybridized carbons (Fsp3) is 0.636. The molecule has 0 radical (unpaired) electrons. The van der Waals surface area contributed by atoms with E-state index in [4.69, 9.17) is 0 Å². The van der Waals surface area contributed by atoms with Gasteiger partial charge in [-0.3, -0.25) is 0 Å². The van der Waals surface area contributed by atoms with E-state index in [1.807, 2.05) is 0 Å². The van der Waals surface area contributed by atoms with Gasteiger partial charge in [-0.05, 0) is 42.9 Å². The summed E-state index contributed by atoms with van der Waals surface area (Å²) < 4.78 is 0. The molecule has 0 aromatic heterocycles. The smallest absolute Gasteiger partial charge is 0.0775 e. The summed E-state index contributed by atoms with van der Waals surface area (Å²) in [6.45, 7) is 9.42. The van der Waals surface area contributed by atoms with Gasteiger partial charge in [0.05, 0.1) is 8.07 Å². The predicted octanol–water partition coefficient (Wildman–Crippen LogP) is 6.46. The minimum absolute atomic E-state index is 1.04. The first-order valence-corrected chi connectivity index (χ1v) is 14.4. The Kier molecular flexibility index (Phi) is 11.3. The number of hydrogen-bond acceptors (Lipinski definition) is 1. The Labute approximate surface area is 156 Å². The summed E-state index contributed by atoms with van der Waals surface area (Å²) in [5.41, 5.74) is 1.17. The highest BCUT2D eigenvalue weighted by Crippen LogP contribution is 2.11. The van der Waals surface area contributed by atoms with Gasteiger partial charge in [-0.2, -0.15) is 11.8 Å². The fourth-order valence-electron chi connectivity index (χ4n) is 2.59. The third kappa shape index (κ3) is 10.3. The molecule has 1 aromatic rings. The van der Waals surface area contributed by atoms with Crippen LogP contribution in [0, 0.1) is 11.8 Å². The molecule has 0 fully saturated rings. The molecule has 0 heterocycles. The fourth-order valence-corrected chi connectivity index (χ4v) is 4.66. The van der Waals surface area contributed by atoms with Crippen molar-refractivity contribution in [2.45, 2.75) is 77.9 Å². The van der Waals surface area contributed by atoms with Crippen molar-refractivity contribution in [1.82, 2.24) is 0 Å². The number of hydrogen-bond donors (Lipinski definition) is 0. The molecule has 0 bridgehead atoms. The Balaban J connectivity index is 2.07. The van der Waals surface area contributed by atoms with Crippen LogP contribution in [0.3, 0.4) is 0 Å². The molecular weight excluding hydrogens is 324 g/mol. The van der Waals surface area contributed by atoms with E-state index in [-0.39, 0.29) is 0 Å². The Morgan fingerprint density at radius 1 is 0.833 bits per heavy atom. The second kappa shape index (κ2) is 12.7. The normalized spacial score (nSPS) is 11.2. The molecule has 0 amide bonds. The average molecular weight is 361 g/mol. The number of thioether (sulfide) groups is 1. The third-order valence-electron chi connectivity index (χ3n) is 4.17. The van der Waals surface area contributed by atoms with E-state index < -0.39 is 8.07 Å². The predicted molar refractivity (Wildman–Crippen MR) is 116 cm³/mol. The zero-order valence-electron chi connectivity index (χ0n) is 16.3. The first kappa shape index (κ1) is 21.4. The van der Waals surface area contributed by atoms with Crippen LogP contribution in [0.5, 0.6) is 0 Å². The number of rotatable bonds is 11. The highest BCUT2D eigenvalue weighted by Gasteiger charge is 2.15. The molecule has 0 aliphatic carbocycles. The molecule has 0 N–H and O–H groups in total. The van der Waals surface area contributed by atoms with Gasteiger partial charge in [0.1, 0.15) is 0 Å². The van der Waals surface area contributed by atoms with Crippen molar-refractivity contribution in [1.29, 1.82) is 0 Å². The van der Waals surface area contributed by atoms with Crippen molar-refractivity contribution in [2.24, 2.45) is 0 Å². The highest BCUT2D eigenvalue weighted by atomic mass is 32.2. The van der Waals surface area contributed by atoms with Crippen LogP contribution in [-0.4, -0.2) is 19.6 Å². The molecule has 2 heteroatoms. The summed E-state index contributed by atoms with van der Waals surface area (Å²) in [5.74, 6) is 9.35. The Morgan fingerprint density at radius 3 is 2.08 bits per heavy atom. The minimum Gasteiger partial charge on any atom is -0.162 e. The largest absolute Gasteiger partial charge is 0.162 e. The minimum atomic E-state index is -1.18. The van der Waals surface area contributed by atoms with E-state index in [2.05, 4.69) is 74.4 Å². The molecule has 134 valence electrons. The van der Waals surface area contributed by atoms with Crippen LogP contribution in [0.25, 0.3) is 0 Å². The second-order valence-corrected chi connectivity index (χ2v) is 13.9. The molecule has 0 saturated heterocycles. The van der Waals surface area contributed by atoms with Gasteiger partial charge in [0, 0.05) is 12.0 Å². The van der Waals surface area contributed by atoms with E-state index in [0.717, 1.165) is 6.42 Å². The molecule has 0 unspecified atom stereocenters. The van der Waals surface area contributed by atoms with Crippen LogP contribution in [-0.2, 0) is 0 Å². The van der Waals surface area contributed by atoms with Gasteiger partial charge < -0.3 is 0 Å². The molecule has 0 saturated carbocycles. The molecule has 1 aromatic carbocycles. The third-order valence-corrected chi connectivity index (χ3v) is 7.51. The van der Waals surface area contributed by atoms with Gasteiger partial charge in [-0.15, -0.1) is 0 Å². The molecule has 24 heavy (non-hydrogen) atoms. The lowest BCUT2D eigenvalue weighted by Crippen LogP contribution is -2.37. The van der Waals surface area contributed by atoms with Crippen LogP contribution in [0.15, 0.2) is 24.3 Å². The zero-order valence-corrected chi connectivity index (χ0v) is 18.1. The zero-order chi connectivity index (χ0) is 17.7. The molecule has 1 rings (SSSR count). The summed E-state index contributed by atoms with van der Waals surface area (Å²) in [5, 5.41) is 1.51. The Bertz CT molecular complexity index is 487. The topological polar surface area (TPSA) is 0 Å². The maximum absolute atomic E-state index is 3.34. The first-order valence-electron chi connectivity index (χ1n) is 9.71. The molecular formula is C22H36SSi. The lowest BCUT2D eigenvalue weighted by molar-refractivity contribution is 0.616. The van der Waals surface area contributed by atoms with Gasteiger partial charge in [0.25, 0.3) is 0 Å². The number of unbranched alkanes of at least 4 members (excludes halogenated alkanes) is 6. The summed E-state index contributed by atoms with van der Waals surface area (Å²) in [4.78, 5) is 0. The van der Waals surface area contributed by atoms with Crippen LogP contribution >= 0.6 is 11.8 Å². The summed E-state index contributed by atoms with van der Waals surface area (Å²) in [6.07, 6.45) is 10.5. The number of benzene rings is 1. The van der Waals surface area contributed by atoms with Crippen LogP contribution in [0.4, 0.5) is 0 Å². The monoisotopic (exact) mass is 360 g/mol. The van der Waals surface area contributed by atoms with Crippen molar-refractivity contribution in [3.63, 3.8) is 0 Å². The molecule has 0 aliphatic rings. The van der Waals surface area contributed by atoms with Gasteiger partial charge in [-0.1, -0.05) is 81.4 Å². The molecule has 0 nitrogen and oxygen atoms in total. The molecule has 0 atom stereocenters. The van der Waals surface area contributed by atoms with Gasteiger partial charge in [0.15, 0.2) is 0 Å². The van der Waals surface area contributed by atoms with Crippen molar-refractivity contribution < 1.29 is 0 Å². The molecule has 0 aliphatic heterocycles. The van der Waals surface area contributed by atoms with E-state index >= 15 is 0 Å². The van der Waals surface area contributed by atoms with Gasteiger partial charge >= 0.3 is 0 Å². The Hall–Kier alpha value is -0.653. The van der Waals surface area contributed by atoms with E-state index in [1.54, 1.807) is 0 Å². The van der Waals surface area contributed by atoms with Gasteiger partial charge in [-0.25, -0.2) is 0 Å². The molecule has 0 spiro atoms. The van der Waals surface area contributed by atoms with E-state index in [0.29, 0.717) is 0 Å². The maximum Gasteiger partial charge on any atom is 0.0775 e. The lowest BCUT2D eigenvalue weighted by Gasteiger charge is -2.15. The lowest BCUT2D eigenvalue weighted by atomic mass is 10.1. The summed E-state index contributed by atoms with van der Waals surface area (Å²) in [6, 6.07) is 8.93. The van der Waals surface area contributed by atoms with Crippen molar-refractivity contribution in [3.8, 4) is 11.8 Å². The second-order valence-electron chi connectivity index (χ2n) is 7.61. The summed E-state index contributed by atoms with van der Waals surface area (Å²) >= 11 is 2.11. The average Bonchev–Trinajstić information content (AvgIpc) is 2.55. The Morgan fingerprint density at radius 2 is 1.46 bits per heavy atom. The van der Waals surface area contributed by atoms with Gasteiger partial charge in [0.2, 0.25) is 0 Å². The maximum atomic E-state index is 3.34. The SMILES string of the molecule is CCCSCCCCCCCCC#Cc1ccc([Si](C)(C)C)cc1. The van der Waals surface area contributed by atoms with E-state index in [9.17, 15) is 0 Å². The van der Waals surface area contributed by atoms with E-state index in [1.165, 1.54) is 67.2 Å². The first-order chi connectivity index (χ1) is 11.5. The van der Waals surface area contributed by atoms with Crippen molar-refractivity contribution in [2.75, 3.05) is 11.5 Å². The van der Waals surface area contributed by atoms with Crippen LogP contribution in [0.2, 0.25) is 19.6 Å². The summed E-state index contributed by atoms with van der Waals surface area (Å²) in [7, 11) is -1.18. The van der Waals surface area contributed by atoms with Crippen molar-refractivity contribution >= 4 is 25.0 Å². The quantitative estimate of drug-likeness (QED) is 0.248. The standard InChI is InChI=1S/C22H36SSi/c1-5-19-23-20-13-11-9-7-6-8-10-12-14-21-15-17-22(18-16-21)24(2,3)4/h15-18H,5-11,13,19-20H2,1-4H3. The van der Waals surface area contributed by atoms with Crippen LogP contribution < -0.4 is 5.19 Å².